The van der Waals surface area contributed by atoms with Crippen LogP contribution >= 0.6 is 0 Å². The Balaban J connectivity index is 0. The van der Waals surface area contributed by atoms with Gasteiger partial charge in [-0.25, -0.2) is 9.68 Å². The summed E-state index contributed by atoms with van der Waals surface area (Å²) in [6, 6.07) is 0. The van der Waals surface area contributed by atoms with Crippen LogP contribution in [0.5, 0.6) is 0 Å². The fraction of sp³-hybridized carbons (Fsp3) is 0.571. The minimum atomic E-state index is -0.935. The van der Waals surface area contributed by atoms with Crippen molar-refractivity contribution in [2.24, 2.45) is 0 Å². The number of carboxylic acid groups (broad SMARTS) is 1. The molecule has 0 unspecified atom stereocenters. The third-order valence-electron chi connectivity index (χ3n) is 0.744. The Morgan fingerprint density at radius 2 is 1.92 bits per heavy atom. The van der Waals surface area contributed by atoms with Crippen molar-refractivity contribution in [3.8, 4) is 0 Å². The van der Waals surface area contributed by atoms with Gasteiger partial charge in [0.15, 0.2) is 0 Å². The molecule has 2 N–H and O–H groups in total. The molecule has 5 heteroatoms. The summed E-state index contributed by atoms with van der Waals surface area (Å²) < 4.78 is 4.50. The molecule has 0 aromatic heterocycles. The third kappa shape index (κ3) is 16.0. The molecule has 0 rings (SSSR count). The van der Waals surface area contributed by atoms with Gasteiger partial charge in [-0.15, -0.1) is 0 Å². The molecule has 0 aromatic rings. The van der Waals surface area contributed by atoms with Crippen LogP contribution in [0, 0.1) is 0 Å². The van der Waals surface area contributed by atoms with Gasteiger partial charge in [0.2, 0.25) is 0 Å². The lowest BCUT2D eigenvalue weighted by Crippen LogP contribution is -1.96. The highest BCUT2D eigenvalue weighted by Crippen LogP contribution is 1.81. The zero-order chi connectivity index (χ0) is 9.98. The summed E-state index contributed by atoms with van der Waals surface area (Å²) in [4.78, 5) is 13.3. The number of carboxylic acids is 1. The lowest BCUT2D eigenvalue weighted by atomic mass is 10.4. The van der Waals surface area contributed by atoms with Crippen LogP contribution < -0.4 is 0 Å². The van der Waals surface area contributed by atoms with Crippen LogP contribution in [0.3, 0.4) is 0 Å². The van der Waals surface area contributed by atoms with Crippen molar-refractivity contribution in [3.05, 3.63) is 12.2 Å². The van der Waals surface area contributed by atoms with Crippen molar-refractivity contribution in [1.82, 2.24) is 0 Å². The summed E-state index contributed by atoms with van der Waals surface area (Å²) in [6.07, 6.45) is 0. The van der Waals surface area contributed by atoms with Gasteiger partial charge < -0.3 is 9.84 Å². The molecule has 0 saturated heterocycles. The first-order chi connectivity index (χ1) is 5.56. The maximum absolute atomic E-state index is 9.60. The van der Waals surface area contributed by atoms with E-state index in [1.165, 1.54) is 6.92 Å². The van der Waals surface area contributed by atoms with E-state index in [1.807, 2.05) is 0 Å². The lowest BCUT2D eigenvalue weighted by molar-refractivity contribution is -0.247. The van der Waals surface area contributed by atoms with Crippen LogP contribution in [0.15, 0.2) is 12.2 Å². The molecular weight excluding hydrogens is 164 g/mol. The van der Waals surface area contributed by atoms with E-state index in [2.05, 4.69) is 16.2 Å². The first-order valence-corrected chi connectivity index (χ1v) is 3.20. The molecule has 0 amide bonds. The molecule has 0 radical (unpaired) electrons. The Kier molecular flexibility index (Phi) is 11.5. The largest absolute Gasteiger partial charge is 0.478 e. The van der Waals surface area contributed by atoms with Crippen LogP contribution in [-0.4, -0.2) is 36.7 Å². The average Bonchev–Trinajstić information content (AvgIpc) is 2.02. The highest BCUT2D eigenvalue weighted by atomic mass is 17.1. The lowest BCUT2D eigenvalue weighted by Gasteiger charge is -1.89. The van der Waals surface area contributed by atoms with Gasteiger partial charge in [0.25, 0.3) is 0 Å². The van der Waals surface area contributed by atoms with E-state index in [9.17, 15) is 4.79 Å². The van der Waals surface area contributed by atoms with E-state index in [0.717, 1.165) is 0 Å². The molecule has 72 valence electrons. The first kappa shape index (κ1) is 13.7. The van der Waals surface area contributed by atoms with Gasteiger partial charge in [0.05, 0.1) is 6.61 Å². The summed E-state index contributed by atoms with van der Waals surface area (Å²) in [5, 5.41) is 15.5. The standard InChI is InChI=1S/C4H6O2.C3H8O3/c1-3(2)4(5)6;1-5-2-3-6-4/h1H2,2H3,(H,5,6);4H,2-3H2,1H3. The Bertz CT molecular complexity index is 116. The Morgan fingerprint density at radius 1 is 1.50 bits per heavy atom. The van der Waals surface area contributed by atoms with E-state index in [0.29, 0.717) is 6.61 Å². The molecule has 0 saturated carbocycles. The number of rotatable bonds is 4. The number of hydrogen-bond donors (Lipinski definition) is 2. The van der Waals surface area contributed by atoms with Crippen LogP contribution in [0.1, 0.15) is 6.92 Å². The van der Waals surface area contributed by atoms with Gasteiger partial charge in [0, 0.05) is 12.7 Å². The molecular formula is C7H14O5. The molecule has 0 aliphatic carbocycles. The van der Waals surface area contributed by atoms with E-state index in [1.54, 1.807) is 7.11 Å². The Morgan fingerprint density at radius 3 is 2.00 bits per heavy atom. The average molecular weight is 178 g/mol. The first-order valence-electron chi connectivity index (χ1n) is 3.20. The summed E-state index contributed by atoms with van der Waals surface area (Å²) >= 11 is 0. The topological polar surface area (TPSA) is 76.0 Å². The number of aliphatic carboxylic acids is 1. The van der Waals surface area contributed by atoms with Crippen LogP contribution in [-0.2, 0) is 14.4 Å². The van der Waals surface area contributed by atoms with Gasteiger partial charge >= 0.3 is 5.97 Å². The highest BCUT2D eigenvalue weighted by Gasteiger charge is 1.90. The van der Waals surface area contributed by atoms with Crippen molar-refractivity contribution >= 4 is 5.97 Å². The van der Waals surface area contributed by atoms with Crippen molar-refractivity contribution in [2.45, 2.75) is 6.92 Å². The van der Waals surface area contributed by atoms with E-state index in [-0.39, 0.29) is 12.2 Å². The molecule has 12 heavy (non-hydrogen) atoms. The molecule has 0 fully saturated rings. The smallest absolute Gasteiger partial charge is 0.330 e. The number of carbonyl (C=O) groups is 1. The normalized spacial score (nSPS) is 8.25. The van der Waals surface area contributed by atoms with Crippen molar-refractivity contribution in [3.63, 3.8) is 0 Å². The summed E-state index contributed by atoms with van der Waals surface area (Å²) in [7, 11) is 1.54. The van der Waals surface area contributed by atoms with Gasteiger partial charge in [-0.1, -0.05) is 6.58 Å². The predicted octanol–water partition coefficient (Wildman–Crippen LogP) is 0.769. The molecule has 0 heterocycles. The predicted molar refractivity (Wildman–Crippen MR) is 42.9 cm³/mol. The van der Waals surface area contributed by atoms with Crippen LogP contribution in [0.4, 0.5) is 0 Å². The van der Waals surface area contributed by atoms with Crippen LogP contribution in [0.25, 0.3) is 0 Å². The summed E-state index contributed by atoms with van der Waals surface area (Å²) in [5.41, 5.74) is 0.176. The van der Waals surface area contributed by atoms with E-state index >= 15 is 0 Å². The molecule has 0 aliphatic heterocycles. The zero-order valence-corrected chi connectivity index (χ0v) is 7.24. The SMILES string of the molecule is C=C(C)C(=O)O.COCCOO. The second-order valence-corrected chi connectivity index (χ2v) is 1.91. The van der Waals surface area contributed by atoms with Crippen molar-refractivity contribution < 1.29 is 24.8 Å². The van der Waals surface area contributed by atoms with E-state index in [4.69, 9.17) is 10.4 Å². The monoisotopic (exact) mass is 178 g/mol. The zero-order valence-electron chi connectivity index (χ0n) is 7.24. The van der Waals surface area contributed by atoms with Gasteiger partial charge in [0.1, 0.15) is 6.61 Å². The number of hydrogen-bond acceptors (Lipinski definition) is 4. The molecule has 0 atom stereocenters. The summed E-state index contributed by atoms with van der Waals surface area (Å²) in [6.45, 7) is 5.29. The Labute approximate surface area is 71.2 Å². The van der Waals surface area contributed by atoms with Crippen LogP contribution in [0.2, 0.25) is 0 Å². The number of methoxy groups -OCH3 is 1. The van der Waals surface area contributed by atoms with Gasteiger partial charge in [-0.05, 0) is 6.92 Å². The third-order valence-corrected chi connectivity index (χ3v) is 0.744. The maximum atomic E-state index is 9.60. The molecule has 5 nitrogen and oxygen atoms in total. The minimum absolute atomic E-state index is 0.176. The fourth-order valence-corrected chi connectivity index (χ4v) is 0.121. The number of ether oxygens (including phenoxy) is 1. The highest BCUT2D eigenvalue weighted by molar-refractivity contribution is 5.84. The van der Waals surface area contributed by atoms with Crippen molar-refractivity contribution in [1.29, 1.82) is 0 Å². The quantitative estimate of drug-likeness (QED) is 0.288. The van der Waals surface area contributed by atoms with Gasteiger partial charge in [-0.3, -0.25) is 5.26 Å². The molecule has 0 aromatic carbocycles. The molecule has 0 spiro atoms. The second-order valence-electron chi connectivity index (χ2n) is 1.91. The fourth-order valence-electron chi connectivity index (χ4n) is 0.121. The second kappa shape index (κ2) is 10.1. The van der Waals surface area contributed by atoms with E-state index < -0.39 is 5.97 Å². The Hall–Kier alpha value is -0.910. The molecule has 0 aliphatic rings. The summed E-state index contributed by atoms with van der Waals surface area (Å²) in [5.74, 6) is -0.935. The molecule has 0 bridgehead atoms. The maximum Gasteiger partial charge on any atom is 0.330 e. The van der Waals surface area contributed by atoms with Gasteiger partial charge in [-0.2, -0.15) is 0 Å². The minimum Gasteiger partial charge on any atom is -0.478 e. The van der Waals surface area contributed by atoms with Crippen molar-refractivity contribution in [2.75, 3.05) is 20.3 Å².